The van der Waals surface area contributed by atoms with Crippen molar-refractivity contribution in [1.82, 2.24) is 0 Å². The fourth-order valence-corrected chi connectivity index (χ4v) is 5.53. The maximum absolute atomic E-state index is 12.7. The third kappa shape index (κ3) is 2.99. The highest BCUT2D eigenvalue weighted by Crippen LogP contribution is 2.39. The van der Waals surface area contributed by atoms with Gasteiger partial charge in [-0.05, 0) is 55.7 Å². The first-order valence-electron chi connectivity index (χ1n) is 9.26. The molecule has 2 unspecified atom stereocenters. The monoisotopic (exact) mass is 365 g/mol. The molecule has 4 rings (SSSR count). The molecule has 1 amide bonds. The molecule has 26 heavy (non-hydrogen) atoms. The Labute approximate surface area is 158 Å². The highest BCUT2D eigenvalue weighted by atomic mass is 32.1. The number of amides is 1. The van der Waals surface area contributed by atoms with E-state index < -0.39 is 0 Å². The molecule has 0 saturated carbocycles. The zero-order valence-corrected chi connectivity index (χ0v) is 16.0. The van der Waals surface area contributed by atoms with E-state index in [9.17, 15) is 10.1 Å². The van der Waals surface area contributed by atoms with E-state index in [-0.39, 0.29) is 5.91 Å². The Hall–Kier alpha value is -2.32. The zero-order chi connectivity index (χ0) is 18.3. The minimum absolute atomic E-state index is 0.0447. The Balaban J connectivity index is 1.52. The lowest BCUT2D eigenvalue weighted by atomic mass is 9.89. The summed E-state index contributed by atoms with van der Waals surface area (Å²) in [6.45, 7) is 4.72. The fraction of sp³-hybridized carbons (Fsp3) is 0.429. The first-order chi connectivity index (χ1) is 12.6. The molecule has 2 aliphatic rings. The van der Waals surface area contributed by atoms with Crippen LogP contribution in [0.1, 0.15) is 41.8 Å². The van der Waals surface area contributed by atoms with Crippen LogP contribution in [0.3, 0.4) is 0 Å². The summed E-state index contributed by atoms with van der Waals surface area (Å²) in [6, 6.07) is 10.9. The third-order valence-electron chi connectivity index (χ3n) is 5.54. The van der Waals surface area contributed by atoms with Crippen molar-refractivity contribution in [3.05, 3.63) is 45.8 Å². The van der Waals surface area contributed by atoms with Crippen molar-refractivity contribution in [2.75, 3.05) is 16.8 Å². The van der Waals surface area contributed by atoms with Gasteiger partial charge in [0.25, 0.3) is 0 Å². The Morgan fingerprint density at radius 2 is 2.15 bits per heavy atom. The molecule has 2 aromatic rings. The van der Waals surface area contributed by atoms with Crippen molar-refractivity contribution >= 4 is 27.9 Å². The molecule has 0 bridgehead atoms. The van der Waals surface area contributed by atoms with Gasteiger partial charge in [-0.1, -0.05) is 25.1 Å². The highest BCUT2D eigenvalue weighted by Gasteiger charge is 2.28. The third-order valence-corrected chi connectivity index (χ3v) is 6.71. The second kappa shape index (κ2) is 6.77. The minimum Gasteiger partial charge on any atom is -0.359 e. The number of anilines is 2. The van der Waals surface area contributed by atoms with Crippen LogP contribution in [0.4, 0.5) is 10.7 Å². The number of para-hydroxylation sites is 1. The van der Waals surface area contributed by atoms with Gasteiger partial charge in [0.05, 0.1) is 12.1 Å². The van der Waals surface area contributed by atoms with E-state index in [2.05, 4.69) is 42.3 Å². The van der Waals surface area contributed by atoms with Crippen LogP contribution in [0.5, 0.6) is 0 Å². The normalized spacial score (nSPS) is 21.0. The van der Waals surface area contributed by atoms with Crippen LogP contribution in [0.2, 0.25) is 0 Å². The number of hydrogen-bond donors (Lipinski definition) is 1. The highest BCUT2D eigenvalue weighted by molar-refractivity contribution is 7.16. The predicted molar refractivity (Wildman–Crippen MR) is 106 cm³/mol. The lowest BCUT2D eigenvalue weighted by Crippen LogP contribution is -2.37. The van der Waals surface area contributed by atoms with Crippen molar-refractivity contribution in [3.8, 4) is 6.07 Å². The van der Waals surface area contributed by atoms with Crippen molar-refractivity contribution < 1.29 is 4.79 Å². The molecule has 1 aromatic heterocycles. The number of rotatable bonds is 3. The van der Waals surface area contributed by atoms with E-state index in [4.69, 9.17) is 0 Å². The number of fused-ring (bicyclic) bond motifs is 2. The van der Waals surface area contributed by atoms with Gasteiger partial charge in [-0.25, -0.2) is 0 Å². The maximum atomic E-state index is 12.7. The summed E-state index contributed by atoms with van der Waals surface area (Å²) in [5, 5.41) is 13.4. The molecule has 1 aromatic carbocycles. The van der Waals surface area contributed by atoms with Gasteiger partial charge in [0, 0.05) is 16.6 Å². The number of nitrogens with one attached hydrogen (secondary N) is 1. The van der Waals surface area contributed by atoms with Gasteiger partial charge in [0.1, 0.15) is 11.1 Å². The van der Waals surface area contributed by atoms with Crippen molar-refractivity contribution in [2.45, 2.75) is 45.6 Å². The first-order valence-corrected chi connectivity index (χ1v) is 10.1. The number of thiophene rings is 1. The van der Waals surface area contributed by atoms with Crippen molar-refractivity contribution in [3.63, 3.8) is 0 Å². The second-order valence-corrected chi connectivity index (χ2v) is 8.63. The van der Waals surface area contributed by atoms with Crippen LogP contribution in [0.15, 0.2) is 24.3 Å². The SMILES string of the molecule is CC1CCc2c(sc(NC(=O)CN3c4ccccc4CC3C)c2C#N)C1. The van der Waals surface area contributed by atoms with Crippen LogP contribution < -0.4 is 10.2 Å². The summed E-state index contributed by atoms with van der Waals surface area (Å²) in [7, 11) is 0. The molecule has 5 heteroatoms. The van der Waals surface area contributed by atoms with Crippen LogP contribution in [0, 0.1) is 17.2 Å². The van der Waals surface area contributed by atoms with E-state index >= 15 is 0 Å². The molecule has 1 N–H and O–H groups in total. The van der Waals surface area contributed by atoms with Crippen LogP contribution in [-0.2, 0) is 24.1 Å². The van der Waals surface area contributed by atoms with Gasteiger partial charge in [-0.2, -0.15) is 5.26 Å². The number of nitrogens with zero attached hydrogens (tertiary/aromatic N) is 2. The van der Waals surface area contributed by atoms with Gasteiger partial charge < -0.3 is 10.2 Å². The minimum atomic E-state index is -0.0447. The molecule has 0 fully saturated rings. The Morgan fingerprint density at radius 3 is 2.96 bits per heavy atom. The number of hydrogen-bond acceptors (Lipinski definition) is 4. The molecular weight excluding hydrogens is 342 g/mol. The summed E-state index contributed by atoms with van der Waals surface area (Å²) < 4.78 is 0. The summed E-state index contributed by atoms with van der Waals surface area (Å²) >= 11 is 1.59. The molecule has 134 valence electrons. The van der Waals surface area contributed by atoms with Gasteiger partial charge >= 0.3 is 0 Å². The van der Waals surface area contributed by atoms with Gasteiger partial charge in [-0.3, -0.25) is 4.79 Å². The Kier molecular flexibility index (Phi) is 4.46. The van der Waals surface area contributed by atoms with E-state index in [0.717, 1.165) is 41.9 Å². The molecule has 0 spiro atoms. The zero-order valence-electron chi connectivity index (χ0n) is 15.2. The number of carbonyl (C=O) groups is 1. The standard InChI is InChI=1S/C21H23N3OS/c1-13-7-8-16-17(11-22)21(26-19(16)9-13)23-20(25)12-24-14(2)10-15-5-3-4-6-18(15)24/h3-6,13-14H,7-10,12H2,1-2H3,(H,23,25). The van der Waals surface area contributed by atoms with Gasteiger partial charge in [0.15, 0.2) is 0 Å². The number of nitriles is 1. The average Bonchev–Trinajstić information content (AvgIpc) is 3.11. The van der Waals surface area contributed by atoms with E-state index in [0.29, 0.717) is 24.1 Å². The average molecular weight is 366 g/mol. The lowest BCUT2D eigenvalue weighted by molar-refractivity contribution is -0.115. The molecule has 1 aliphatic heterocycles. The fourth-order valence-electron chi connectivity index (χ4n) is 4.15. The van der Waals surface area contributed by atoms with Crippen LogP contribution in [-0.4, -0.2) is 18.5 Å². The molecule has 2 atom stereocenters. The number of carbonyl (C=O) groups excluding carboxylic acids is 1. The summed E-state index contributed by atoms with van der Waals surface area (Å²) in [5.74, 6) is 0.606. The summed E-state index contributed by atoms with van der Waals surface area (Å²) in [6.07, 6.45) is 4.05. The van der Waals surface area contributed by atoms with E-state index in [1.165, 1.54) is 10.4 Å². The Morgan fingerprint density at radius 1 is 1.35 bits per heavy atom. The quantitative estimate of drug-likeness (QED) is 0.889. The largest absolute Gasteiger partial charge is 0.359 e. The molecule has 1 aliphatic carbocycles. The van der Waals surface area contributed by atoms with Crippen LogP contribution >= 0.6 is 11.3 Å². The second-order valence-electron chi connectivity index (χ2n) is 7.53. The molecule has 0 radical (unpaired) electrons. The van der Waals surface area contributed by atoms with Crippen molar-refractivity contribution in [1.29, 1.82) is 5.26 Å². The summed E-state index contributed by atoms with van der Waals surface area (Å²) in [5.41, 5.74) is 4.28. The van der Waals surface area contributed by atoms with E-state index in [1.54, 1.807) is 11.3 Å². The Bertz CT molecular complexity index is 895. The molecular formula is C21H23N3OS. The van der Waals surface area contributed by atoms with Gasteiger partial charge in [0.2, 0.25) is 5.91 Å². The lowest BCUT2D eigenvalue weighted by Gasteiger charge is -2.24. The molecule has 4 nitrogen and oxygen atoms in total. The molecule has 2 heterocycles. The number of benzene rings is 1. The summed E-state index contributed by atoms with van der Waals surface area (Å²) in [4.78, 5) is 16.1. The molecule has 0 saturated heterocycles. The van der Waals surface area contributed by atoms with Crippen LogP contribution in [0.25, 0.3) is 0 Å². The maximum Gasteiger partial charge on any atom is 0.244 e. The smallest absolute Gasteiger partial charge is 0.244 e. The van der Waals surface area contributed by atoms with E-state index in [1.807, 2.05) is 12.1 Å². The van der Waals surface area contributed by atoms with Gasteiger partial charge in [-0.15, -0.1) is 11.3 Å². The topological polar surface area (TPSA) is 56.1 Å². The predicted octanol–water partition coefficient (Wildman–Crippen LogP) is 4.13. The first kappa shape index (κ1) is 17.1. The van der Waals surface area contributed by atoms with Crippen molar-refractivity contribution in [2.24, 2.45) is 5.92 Å².